The molecule has 0 amide bonds. The van der Waals surface area contributed by atoms with Crippen molar-refractivity contribution in [1.82, 2.24) is 30.2 Å². The standard InChI is InChI=1S/C16H22N8S.HI/c1-4-17-15(18-9-12-11-25-16(20-12)23(2)3)19-10-14-22-21-13-7-5-6-8-24(13)14;/h5-8,11H,4,9-10H2,1-3H3,(H2,17,18,19);1H. The maximum atomic E-state index is 4.60. The quantitative estimate of drug-likeness (QED) is 0.316. The van der Waals surface area contributed by atoms with Gasteiger partial charge in [0.2, 0.25) is 0 Å². The van der Waals surface area contributed by atoms with Crippen molar-refractivity contribution in [3.8, 4) is 0 Å². The summed E-state index contributed by atoms with van der Waals surface area (Å²) in [5.74, 6) is 1.57. The van der Waals surface area contributed by atoms with E-state index in [0.717, 1.165) is 34.8 Å². The van der Waals surface area contributed by atoms with Crippen molar-refractivity contribution in [1.29, 1.82) is 0 Å². The monoisotopic (exact) mass is 486 g/mol. The van der Waals surface area contributed by atoms with Crippen LogP contribution in [-0.2, 0) is 13.1 Å². The fraction of sp³-hybridized carbons (Fsp3) is 0.375. The first-order valence-corrected chi connectivity index (χ1v) is 8.98. The number of guanidine groups is 1. The second kappa shape index (κ2) is 9.67. The van der Waals surface area contributed by atoms with Gasteiger partial charge in [-0.05, 0) is 19.1 Å². The summed E-state index contributed by atoms with van der Waals surface area (Å²) in [6.07, 6.45) is 1.95. The maximum Gasteiger partial charge on any atom is 0.192 e. The highest BCUT2D eigenvalue weighted by Gasteiger charge is 2.07. The Balaban J connectivity index is 0.00000243. The molecule has 0 fully saturated rings. The molecular weight excluding hydrogens is 463 g/mol. The second-order valence-corrected chi connectivity index (χ2v) is 6.45. The van der Waals surface area contributed by atoms with E-state index < -0.39 is 0 Å². The van der Waals surface area contributed by atoms with Crippen molar-refractivity contribution in [2.75, 3.05) is 25.5 Å². The van der Waals surface area contributed by atoms with Gasteiger partial charge in [0.05, 0.1) is 18.8 Å². The molecule has 2 N–H and O–H groups in total. The van der Waals surface area contributed by atoms with E-state index in [9.17, 15) is 0 Å². The largest absolute Gasteiger partial charge is 0.357 e. The number of thiazole rings is 1. The topological polar surface area (TPSA) is 82.7 Å². The minimum atomic E-state index is 0. The minimum Gasteiger partial charge on any atom is -0.357 e. The van der Waals surface area contributed by atoms with Gasteiger partial charge in [-0.3, -0.25) is 4.40 Å². The zero-order chi connectivity index (χ0) is 17.6. The summed E-state index contributed by atoms with van der Waals surface area (Å²) in [5.41, 5.74) is 1.79. The van der Waals surface area contributed by atoms with Crippen LogP contribution in [0.1, 0.15) is 18.4 Å². The third-order valence-electron chi connectivity index (χ3n) is 3.46. The van der Waals surface area contributed by atoms with Crippen LogP contribution in [0.5, 0.6) is 0 Å². The Labute approximate surface area is 173 Å². The average molecular weight is 486 g/mol. The molecule has 10 heteroatoms. The number of hydrogen-bond donors (Lipinski definition) is 2. The Morgan fingerprint density at radius 2 is 2.12 bits per heavy atom. The van der Waals surface area contributed by atoms with E-state index in [0.29, 0.717) is 13.1 Å². The Hall–Kier alpha value is -1.95. The zero-order valence-corrected chi connectivity index (χ0v) is 18.2. The van der Waals surface area contributed by atoms with Crippen LogP contribution in [0.4, 0.5) is 5.13 Å². The van der Waals surface area contributed by atoms with E-state index in [1.165, 1.54) is 0 Å². The molecule has 0 aliphatic rings. The van der Waals surface area contributed by atoms with Crippen LogP contribution >= 0.6 is 35.3 Å². The number of hydrogen-bond acceptors (Lipinski definition) is 6. The predicted octanol–water partition coefficient (Wildman–Crippen LogP) is 2.13. The molecule has 3 aromatic heterocycles. The molecule has 0 aliphatic heterocycles. The lowest BCUT2D eigenvalue weighted by molar-refractivity contribution is 0.764. The number of rotatable bonds is 6. The van der Waals surface area contributed by atoms with Crippen molar-refractivity contribution >= 4 is 52.1 Å². The van der Waals surface area contributed by atoms with E-state index in [4.69, 9.17) is 0 Å². The van der Waals surface area contributed by atoms with Gasteiger partial charge in [0, 0.05) is 32.2 Å². The van der Waals surface area contributed by atoms with Crippen LogP contribution in [0.15, 0.2) is 34.8 Å². The summed E-state index contributed by atoms with van der Waals surface area (Å²) in [5, 5.41) is 17.9. The summed E-state index contributed by atoms with van der Waals surface area (Å²) < 4.78 is 1.96. The first kappa shape index (κ1) is 20.4. The molecule has 0 unspecified atom stereocenters. The highest BCUT2D eigenvalue weighted by Crippen LogP contribution is 2.18. The first-order chi connectivity index (χ1) is 12.2. The molecular formula is C16H23IN8S. The van der Waals surface area contributed by atoms with Crippen LogP contribution in [-0.4, -0.2) is 46.2 Å². The van der Waals surface area contributed by atoms with Crippen molar-refractivity contribution in [3.05, 3.63) is 41.3 Å². The zero-order valence-electron chi connectivity index (χ0n) is 15.0. The Morgan fingerprint density at radius 1 is 1.27 bits per heavy atom. The molecule has 140 valence electrons. The van der Waals surface area contributed by atoms with E-state index in [1.54, 1.807) is 11.3 Å². The number of nitrogens with zero attached hydrogens (tertiary/aromatic N) is 6. The van der Waals surface area contributed by atoms with Gasteiger partial charge in [-0.25, -0.2) is 9.98 Å². The van der Waals surface area contributed by atoms with Gasteiger partial charge in [-0.15, -0.1) is 45.5 Å². The molecule has 0 aliphatic carbocycles. The van der Waals surface area contributed by atoms with Crippen molar-refractivity contribution in [3.63, 3.8) is 0 Å². The second-order valence-electron chi connectivity index (χ2n) is 5.61. The summed E-state index contributed by atoms with van der Waals surface area (Å²) in [6, 6.07) is 5.84. The van der Waals surface area contributed by atoms with Crippen LogP contribution in [0.25, 0.3) is 5.65 Å². The molecule has 3 aromatic rings. The fourth-order valence-corrected chi connectivity index (χ4v) is 3.00. The highest BCUT2D eigenvalue weighted by atomic mass is 127. The lowest BCUT2D eigenvalue weighted by Gasteiger charge is -2.10. The number of nitrogens with one attached hydrogen (secondary N) is 2. The molecule has 0 saturated heterocycles. The normalized spacial score (nSPS) is 11.3. The van der Waals surface area contributed by atoms with Gasteiger partial charge in [-0.1, -0.05) is 6.07 Å². The summed E-state index contributed by atoms with van der Waals surface area (Å²) in [7, 11) is 3.97. The molecule has 0 bridgehead atoms. The average Bonchev–Trinajstić information content (AvgIpc) is 3.24. The third kappa shape index (κ3) is 5.04. The first-order valence-electron chi connectivity index (χ1n) is 8.10. The van der Waals surface area contributed by atoms with Crippen molar-refractivity contribution in [2.45, 2.75) is 20.0 Å². The molecule has 26 heavy (non-hydrogen) atoms. The number of anilines is 1. The lowest BCUT2D eigenvalue weighted by atomic mass is 10.4. The van der Waals surface area contributed by atoms with Crippen LogP contribution in [0, 0.1) is 0 Å². The smallest absolute Gasteiger partial charge is 0.192 e. The third-order valence-corrected chi connectivity index (χ3v) is 4.52. The maximum absolute atomic E-state index is 4.60. The van der Waals surface area contributed by atoms with Gasteiger partial charge in [0.15, 0.2) is 22.6 Å². The number of halogens is 1. The highest BCUT2D eigenvalue weighted by molar-refractivity contribution is 14.0. The van der Waals surface area contributed by atoms with Crippen LogP contribution < -0.4 is 15.5 Å². The molecule has 0 saturated carbocycles. The van der Waals surface area contributed by atoms with Crippen LogP contribution in [0.2, 0.25) is 0 Å². The van der Waals surface area contributed by atoms with E-state index in [1.807, 2.05) is 60.1 Å². The number of fused-ring (bicyclic) bond motifs is 1. The number of pyridine rings is 1. The van der Waals surface area contributed by atoms with Gasteiger partial charge < -0.3 is 15.5 Å². The van der Waals surface area contributed by atoms with Gasteiger partial charge in [0.1, 0.15) is 0 Å². The number of aromatic nitrogens is 4. The van der Waals surface area contributed by atoms with E-state index in [-0.39, 0.29) is 24.0 Å². The predicted molar refractivity (Wildman–Crippen MR) is 116 cm³/mol. The number of aliphatic imine (C=N–C) groups is 1. The summed E-state index contributed by atoms with van der Waals surface area (Å²) >= 11 is 1.62. The minimum absolute atomic E-state index is 0. The molecule has 0 spiro atoms. The van der Waals surface area contributed by atoms with E-state index >= 15 is 0 Å². The summed E-state index contributed by atoms with van der Waals surface area (Å²) in [4.78, 5) is 11.1. The van der Waals surface area contributed by atoms with Crippen LogP contribution in [0.3, 0.4) is 0 Å². The Kier molecular flexibility index (Phi) is 7.57. The molecule has 0 aromatic carbocycles. The molecule has 0 radical (unpaired) electrons. The molecule has 0 atom stereocenters. The Bertz CT molecular complexity index is 857. The SMILES string of the molecule is CCNC(=NCc1csc(N(C)C)n1)NCc1nnc2ccccn12.I. The van der Waals surface area contributed by atoms with Crippen molar-refractivity contribution < 1.29 is 0 Å². The summed E-state index contributed by atoms with van der Waals surface area (Å²) in [6.45, 7) is 3.89. The molecule has 3 heterocycles. The lowest BCUT2D eigenvalue weighted by Crippen LogP contribution is -2.37. The molecule has 8 nitrogen and oxygen atoms in total. The molecule has 3 rings (SSSR count). The fourth-order valence-electron chi connectivity index (χ4n) is 2.25. The Morgan fingerprint density at radius 3 is 2.85 bits per heavy atom. The van der Waals surface area contributed by atoms with Gasteiger partial charge in [-0.2, -0.15) is 0 Å². The van der Waals surface area contributed by atoms with Gasteiger partial charge in [0.25, 0.3) is 0 Å². The van der Waals surface area contributed by atoms with Crippen molar-refractivity contribution in [2.24, 2.45) is 4.99 Å². The van der Waals surface area contributed by atoms with Gasteiger partial charge >= 0.3 is 0 Å². The van der Waals surface area contributed by atoms with E-state index in [2.05, 4.69) is 30.8 Å².